The van der Waals surface area contributed by atoms with E-state index in [1.807, 2.05) is 6.07 Å². The molecule has 2 aliphatic rings. The summed E-state index contributed by atoms with van der Waals surface area (Å²) >= 11 is 0. The van der Waals surface area contributed by atoms with Gasteiger partial charge in [0, 0.05) is 5.56 Å². The van der Waals surface area contributed by atoms with Crippen molar-refractivity contribution < 1.29 is 9.50 Å². The van der Waals surface area contributed by atoms with E-state index < -0.39 is 6.10 Å². The third-order valence-corrected chi connectivity index (χ3v) is 4.99. The summed E-state index contributed by atoms with van der Waals surface area (Å²) in [6, 6.07) is 5.31. The topological polar surface area (TPSA) is 20.2 Å². The van der Waals surface area contributed by atoms with E-state index in [9.17, 15) is 9.50 Å². The van der Waals surface area contributed by atoms with Crippen LogP contribution >= 0.6 is 0 Å². The van der Waals surface area contributed by atoms with Gasteiger partial charge in [-0.15, -0.1) is 0 Å². The molecule has 4 atom stereocenters. The van der Waals surface area contributed by atoms with Gasteiger partial charge in [0.05, 0.1) is 6.10 Å². The molecule has 0 amide bonds. The summed E-state index contributed by atoms with van der Waals surface area (Å²) in [5, 5.41) is 10.3. The summed E-state index contributed by atoms with van der Waals surface area (Å²) in [5.74, 6) is 2.05. The highest BCUT2D eigenvalue weighted by Gasteiger charge is 2.40. The van der Waals surface area contributed by atoms with E-state index in [1.54, 1.807) is 19.1 Å². The summed E-state index contributed by atoms with van der Waals surface area (Å²) in [6.45, 7) is 1.75. The highest BCUT2D eigenvalue weighted by atomic mass is 19.1. The van der Waals surface area contributed by atoms with Crippen LogP contribution in [-0.2, 0) is 0 Å². The number of hydrogen-bond donors (Lipinski definition) is 1. The zero-order valence-electron chi connectivity index (χ0n) is 10.9. The Bertz CT molecular complexity index is 443. The van der Waals surface area contributed by atoms with Crippen LogP contribution in [0.15, 0.2) is 18.2 Å². The Morgan fingerprint density at radius 2 is 2.17 bits per heavy atom. The minimum atomic E-state index is -0.630. The van der Waals surface area contributed by atoms with Gasteiger partial charge in [-0.1, -0.05) is 24.6 Å². The highest BCUT2D eigenvalue weighted by Crippen LogP contribution is 2.51. The van der Waals surface area contributed by atoms with E-state index in [0.717, 1.165) is 18.3 Å². The molecule has 2 aliphatic carbocycles. The molecule has 0 aliphatic heterocycles. The fourth-order valence-electron chi connectivity index (χ4n) is 4.01. The summed E-state index contributed by atoms with van der Waals surface area (Å²) in [4.78, 5) is 0. The van der Waals surface area contributed by atoms with Crippen molar-refractivity contribution in [3.05, 3.63) is 35.1 Å². The molecule has 1 N–H and O–H groups in total. The van der Waals surface area contributed by atoms with Gasteiger partial charge < -0.3 is 5.11 Å². The zero-order chi connectivity index (χ0) is 12.7. The molecule has 1 aromatic rings. The Labute approximate surface area is 108 Å². The number of aryl methyl sites for hydroxylation is 1. The highest BCUT2D eigenvalue weighted by molar-refractivity contribution is 5.26. The van der Waals surface area contributed by atoms with Crippen LogP contribution in [0.5, 0.6) is 0 Å². The summed E-state index contributed by atoms with van der Waals surface area (Å²) < 4.78 is 14.0. The van der Waals surface area contributed by atoms with Crippen molar-refractivity contribution in [3.8, 4) is 0 Å². The smallest absolute Gasteiger partial charge is 0.131 e. The lowest BCUT2D eigenvalue weighted by atomic mass is 9.83. The maximum atomic E-state index is 14.0. The Kier molecular flexibility index (Phi) is 3.14. The first-order valence-electron chi connectivity index (χ1n) is 7.08. The molecule has 0 saturated heterocycles. The second-order valence-corrected chi connectivity index (χ2v) is 6.16. The molecule has 0 aromatic heterocycles. The van der Waals surface area contributed by atoms with Crippen molar-refractivity contribution in [2.75, 3.05) is 0 Å². The van der Waals surface area contributed by atoms with Gasteiger partial charge in [-0.2, -0.15) is 0 Å². The largest absolute Gasteiger partial charge is 0.388 e. The van der Waals surface area contributed by atoms with Crippen molar-refractivity contribution in [2.45, 2.75) is 45.1 Å². The van der Waals surface area contributed by atoms with Crippen LogP contribution in [0.1, 0.15) is 49.3 Å². The summed E-state index contributed by atoms with van der Waals surface area (Å²) in [6.07, 6.45) is 5.38. The molecule has 98 valence electrons. The van der Waals surface area contributed by atoms with Gasteiger partial charge in [0.25, 0.3) is 0 Å². The summed E-state index contributed by atoms with van der Waals surface area (Å²) in [7, 11) is 0. The van der Waals surface area contributed by atoms with Crippen LogP contribution in [-0.4, -0.2) is 5.11 Å². The van der Waals surface area contributed by atoms with Crippen LogP contribution in [0, 0.1) is 30.5 Å². The molecule has 2 saturated carbocycles. The molecule has 4 unspecified atom stereocenters. The Morgan fingerprint density at radius 1 is 1.33 bits per heavy atom. The van der Waals surface area contributed by atoms with E-state index in [0.29, 0.717) is 17.0 Å². The van der Waals surface area contributed by atoms with E-state index in [2.05, 4.69) is 0 Å². The lowest BCUT2D eigenvalue weighted by Crippen LogP contribution is -2.15. The first-order valence-corrected chi connectivity index (χ1v) is 7.08. The number of fused-ring (bicyclic) bond motifs is 2. The number of aliphatic hydroxyl groups is 1. The Hall–Kier alpha value is -0.890. The van der Waals surface area contributed by atoms with Crippen LogP contribution in [0.4, 0.5) is 4.39 Å². The molecule has 0 heterocycles. The average Bonchev–Trinajstić information content (AvgIpc) is 2.94. The maximum Gasteiger partial charge on any atom is 0.131 e. The van der Waals surface area contributed by atoms with Crippen LogP contribution in [0.3, 0.4) is 0 Å². The minimum absolute atomic E-state index is 0.229. The Balaban J connectivity index is 1.71. The van der Waals surface area contributed by atoms with Crippen molar-refractivity contribution in [2.24, 2.45) is 17.8 Å². The van der Waals surface area contributed by atoms with Crippen LogP contribution in [0.25, 0.3) is 0 Å². The van der Waals surface area contributed by atoms with Gasteiger partial charge >= 0.3 is 0 Å². The molecule has 2 bridgehead atoms. The fourth-order valence-corrected chi connectivity index (χ4v) is 4.01. The number of aliphatic hydroxyl groups excluding tert-OH is 1. The minimum Gasteiger partial charge on any atom is -0.388 e. The maximum absolute atomic E-state index is 14.0. The molecule has 18 heavy (non-hydrogen) atoms. The first-order chi connectivity index (χ1) is 8.65. The molecule has 0 spiro atoms. The molecule has 2 heteroatoms. The monoisotopic (exact) mass is 248 g/mol. The second kappa shape index (κ2) is 4.65. The molecule has 1 aromatic carbocycles. The lowest BCUT2D eigenvalue weighted by Gasteiger charge is -2.24. The predicted octanol–water partition coefficient (Wildman–Crippen LogP) is 3.99. The predicted molar refractivity (Wildman–Crippen MR) is 69.7 cm³/mol. The van der Waals surface area contributed by atoms with E-state index in [4.69, 9.17) is 0 Å². The number of rotatable bonds is 3. The van der Waals surface area contributed by atoms with Gasteiger partial charge in [-0.05, 0) is 55.9 Å². The fraction of sp³-hybridized carbons (Fsp3) is 0.625. The SMILES string of the molecule is Cc1cccc(C(O)CC2CC3CCC2C3)c1F. The van der Waals surface area contributed by atoms with Gasteiger partial charge in [-0.3, -0.25) is 0 Å². The number of halogens is 1. The zero-order valence-corrected chi connectivity index (χ0v) is 10.9. The quantitative estimate of drug-likeness (QED) is 0.857. The van der Waals surface area contributed by atoms with Gasteiger partial charge in [0.2, 0.25) is 0 Å². The number of hydrogen-bond acceptors (Lipinski definition) is 1. The van der Waals surface area contributed by atoms with Gasteiger partial charge in [0.15, 0.2) is 0 Å². The molecular formula is C16H21FO. The molecular weight excluding hydrogens is 227 g/mol. The third-order valence-electron chi connectivity index (χ3n) is 4.99. The van der Waals surface area contributed by atoms with E-state index in [-0.39, 0.29) is 5.82 Å². The number of benzene rings is 1. The summed E-state index contributed by atoms with van der Waals surface area (Å²) in [5.41, 5.74) is 1.11. The molecule has 2 fully saturated rings. The van der Waals surface area contributed by atoms with Crippen molar-refractivity contribution >= 4 is 0 Å². The lowest BCUT2D eigenvalue weighted by molar-refractivity contribution is 0.122. The van der Waals surface area contributed by atoms with Crippen LogP contribution < -0.4 is 0 Å². The van der Waals surface area contributed by atoms with Crippen molar-refractivity contribution in [1.82, 2.24) is 0 Å². The average molecular weight is 248 g/mol. The molecule has 1 nitrogen and oxygen atoms in total. The standard InChI is InChI=1S/C16H21FO/c1-10-3-2-4-14(16(10)17)15(18)9-13-8-11-5-6-12(13)7-11/h2-4,11-13,15,18H,5-9H2,1H3. The second-order valence-electron chi connectivity index (χ2n) is 6.16. The Morgan fingerprint density at radius 3 is 2.83 bits per heavy atom. The van der Waals surface area contributed by atoms with Gasteiger partial charge in [0.1, 0.15) is 5.82 Å². The first kappa shape index (κ1) is 12.2. The van der Waals surface area contributed by atoms with Crippen LogP contribution in [0.2, 0.25) is 0 Å². The van der Waals surface area contributed by atoms with Crippen molar-refractivity contribution in [3.63, 3.8) is 0 Å². The third kappa shape index (κ3) is 2.07. The van der Waals surface area contributed by atoms with E-state index >= 15 is 0 Å². The molecule has 0 radical (unpaired) electrons. The van der Waals surface area contributed by atoms with Crippen molar-refractivity contribution in [1.29, 1.82) is 0 Å². The normalized spacial score (nSPS) is 31.8. The van der Waals surface area contributed by atoms with Gasteiger partial charge in [-0.25, -0.2) is 4.39 Å². The molecule has 3 rings (SSSR count). The van der Waals surface area contributed by atoms with E-state index in [1.165, 1.54) is 25.7 Å².